The van der Waals surface area contributed by atoms with E-state index >= 15 is 0 Å². The van der Waals surface area contributed by atoms with Gasteiger partial charge in [-0.2, -0.15) is 0 Å². The standard InChI is InChI=1S/C13H25N/c14-13(10-6-3-7-11-13)12-8-4-1-2-5-9-12/h12H,1-11,14H2. The molecule has 82 valence electrons. The van der Waals surface area contributed by atoms with Crippen molar-refractivity contribution in [1.29, 1.82) is 0 Å². The fourth-order valence-electron chi connectivity index (χ4n) is 3.47. The number of hydrogen-bond donors (Lipinski definition) is 1. The molecule has 0 aliphatic heterocycles. The maximum Gasteiger partial charge on any atom is 0.0182 e. The molecule has 0 unspecified atom stereocenters. The number of hydrogen-bond acceptors (Lipinski definition) is 1. The Hall–Kier alpha value is -0.0400. The van der Waals surface area contributed by atoms with Gasteiger partial charge in [0.15, 0.2) is 0 Å². The van der Waals surface area contributed by atoms with E-state index < -0.39 is 0 Å². The summed E-state index contributed by atoms with van der Waals surface area (Å²) < 4.78 is 0. The Morgan fingerprint density at radius 3 is 1.79 bits per heavy atom. The lowest BCUT2D eigenvalue weighted by molar-refractivity contribution is 0.178. The molecule has 0 spiro atoms. The van der Waals surface area contributed by atoms with Gasteiger partial charge in [-0.15, -0.1) is 0 Å². The van der Waals surface area contributed by atoms with Crippen molar-refractivity contribution in [2.24, 2.45) is 11.7 Å². The van der Waals surface area contributed by atoms with Gasteiger partial charge in [0.05, 0.1) is 0 Å². The lowest BCUT2D eigenvalue weighted by Crippen LogP contribution is -2.48. The van der Waals surface area contributed by atoms with E-state index in [9.17, 15) is 0 Å². The van der Waals surface area contributed by atoms with Crippen molar-refractivity contribution >= 4 is 0 Å². The monoisotopic (exact) mass is 195 g/mol. The fourth-order valence-corrected chi connectivity index (χ4v) is 3.47. The molecule has 0 aromatic heterocycles. The molecule has 0 radical (unpaired) electrons. The van der Waals surface area contributed by atoms with Crippen molar-refractivity contribution < 1.29 is 0 Å². The van der Waals surface area contributed by atoms with E-state index in [1.165, 1.54) is 70.6 Å². The van der Waals surface area contributed by atoms with Crippen LogP contribution in [0.15, 0.2) is 0 Å². The average Bonchev–Trinajstić information content (AvgIpc) is 2.47. The van der Waals surface area contributed by atoms with E-state index in [0.29, 0.717) is 0 Å². The molecule has 0 saturated heterocycles. The molecule has 2 rings (SSSR count). The summed E-state index contributed by atoms with van der Waals surface area (Å²) in [4.78, 5) is 0. The number of nitrogens with two attached hydrogens (primary N) is 1. The Bertz CT molecular complexity index is 162. The zero-order valence-corrected chi connectivity index (χ0v) is 9.43. The van der Waals surface area contributed by atoms with Crippen LogP contribution in [0, 0.1) is 5.92 Å². The molecule has 0 aromatic rings. The molecule has 2 fully saturated rings. The van der Waals surface area contributed by atoms with Crippen LogP contribution in [0.3, 0.4) is 0 Å². The lowest BCUT2D eigenvalue weighted by Gasteiger charge is -2.40. The van der Waals surface area contributed by atoms with Crippen molar-refractivity contribution in [1.82, 2.24) is 0 Å². The van der Waals surface area contributed by atoms with E-state index in [1.54, 1.807) is 0 Å². The van der Waals surface area contributed by atoms with E-state index in [0.717, 1.165) is 5.92 Å². The van der Waals surface area contributed by atoms with Gasteiger partial charge < -0.3 is 5.73 Å². The molecule has 2 aliphatic carbocycles. The highest BCUT2D eigenvalue weighted by Gasteiger charge is 2.35. The van der Waals surface area contributed by atoms with Crippen LogP contribution in [0.4, 0.5) is 0 Å². The quantitative estimate of drug-likeness (QED) is 0.635. The van der Waals surface area contributed by atoms with Crippen LogP contribution in [0.2, 0.25) is 0 Å². The predicted molar refractivity (Wildman–Crippen MR) is 61.2 cm³/mol. The minimum Gasteiger partial charge on any atom is -0.325 e. The summed E-state index contributed by atoms with van der Waals surface area (Å²) in [7, 11) is 0. The third-order valence-corrected chi connectivity index (χ3v) is 4.45. The summed E-state index contributed by atoms with van der Waals surface area (Å²) >= 11 is 0. The second-order valence-corrected chi connectivity index (χ2v) is 5.48. The maximum atomic E-state index is 6.60. The maximum absolute atomic E-state index is 6.60. The second kappa shape index (κ2) is 4.65. The van der Waals surface area contributed by atoms with Crippen LogP contribution < -0.4 is 5.73 Å². The highest BCUT2D eigenvalue weighted by atomic mass is 14.8. The van der Waals surface area contributed by atoms with Gasteiger partial charge in [-0.25, -0.2) is 0 Å². The highest BCUT2D eigenvalue weighted by Crippen LogP contribution is 2.38. The largest absolute Gasteiger partial charge is 0.325 e. The van der Waals surface area contributed by atoms with Gasteiger partial charge in [-0.05, 0) is 31.6 Å². The molecule has 0 bridgehead atoms. The Labute approximate surface area is 88.4 Å². The second-order valence-electron chi connectivity index (χ2n) is 5.48. The van der Waals surface area contributed by atoms with Crippen LogP contribution in [-0.2, 0) is 0 Å². The molecule has 2 saturated carbocycles. The van der Waals surface area contributed by atoms with Gasteiger partial charge >= 0.3 is 0 Å². The zero-order chi connectivity index (χ0) is 9.86. The van der Waals surface area contributed by atoms with Gasteiger partial charge in [0, 0.05) is 5.54 Å². The van der Waals surface area contributed by atoms with Crippen molar-refractivity contribution in [3.8, 4) is 0 Å². The normalized spacial score (nSPS) is 29.8. The minimum absolute atomic E-state index is 0.239. The average molecular weight is 195 g/mol. The van der Waals surface area contributed by atoms with Gasteiger partial charge in [0.25, 0.3) is 0 Å². The Balaban J connectivity index is 1.95. The van der Waals surface area contributed by atoms with E-state index in [4.69, 9.17) is 5.73 Å². The molecule has 0 aromatic carbocycles. The summed E-state index contributed by atoms with van der Waals surface area (Å²) in [6.07, 6.45) is 15.4. The fraction of sp³-hybridized carbons (Fsp3) is 1.00. The van der Waals surface area contributed by atoms with Crippen molar-refractivity contribution in [2.75, 3.05) is 0 Å². The summed E-state index contributed by atoms with van der Waals surface area (Å²) in [5.41, 5.74) is 6.84. The highest BCUT2D eigenvalue weighted by molar-refractivity contribution is 4.93. The first-order valence-corrected chi connectivity index (χ1v) is 6.60. The number of rotatable bonds is 1. The third kappa shape index (κ3) is 2.31. The topological polar surface area (TPSA) is 26.0 Å². The summed E-state index contributed by atoms with van der Waals surface area (Å²) in [5, 5.41) is 0. The predicted octanol–water partition coefficient (Wildman–Crippen LogP) is 3.62. The molecule has 0 heterocycles. The van der Waals surface area contributed by atoms with Gasteiger partial charge in [-0.3, -0.25) is 0 Å². The van der Waals surface area contributed by atoms with Crippen LogP contribution >= 0.6 is 0 Å². The first kappa shape index (κ1) is 10.5. The van der Waals surface area contributed by atoms with Crippen molar-refractivity contribution in [3.05, 3.63) is 0 Å². The van der Waals surface area contributed by atoms with E-state index in [-0.39, 0.29) is 5.54 Å². The van der Waals surface area contributed by atoms with Crippen LogP contribution in [0.5, 0.6) is 0 Å². The molecule has 0 amide bonds. The van der Waals surface area contributed by atoms with E-state index in [2.05, 4.69) is 0 Å². The Morgan fingerprint density at radius 1 is 0.714 bits per heavy atom. The van der Waals surface area contributed by atoms with E-state index in [1.807, 2.05) is 0 Å². The molecule has 1 nitrogen and oxygen atoms in total. The molecule has 1 heteroatoms. The van der Waals surface area contributed by atoms with Gasteiger partial charge in [-0.1, -0.05) is 44.9 Å². The van der Waals surface area contributed by atoms with Crippen LogP contribution in [0.25, 0.3) is 0 Å². The van der Waals surface area contributed by atoms with Gasteiger partial charge in [0.1, 0.15) is 0 Å². The minimum atomic E-state index is 0.239. The van der Waals surface area contributed by atoms with Crippen molar-refractivity contribution in [2.45, 2.75) is 76.2 Å². The summed E-state index contributed by atoms with van der Waals surface area (Å²) in [5.74, 6) is 0.852. The molecule has 2 N–H and O–H groups in total. The zero-order valence-electron chi connectivity index (χ0n) is 9.43. The molecular weight excluding hydrogens is 170 g/mol. The SMILES string of the molecule is NC1(C2CCCCCC2)CCCCC1. The molecule has 14 heavy (non-hydrogen) atoms. The first-order valence-electron chi connectivity index (χ1n) is 6.60. The van der Waals surface area contributed by atoms with Crippen LogP contribution in [-0.4, -0.2) is 5.54 Å². The Morgan fingerprint density at radius 2 is 1.21 bits per heavy atom. The molecule has 2 aliphatic rings. The molecular formula is C13H25N. The van der Waals surface area contributed by atoms with Crippen LogP contribution in [0.1, 0.15) is 70.6 Å². The summed E-state index contributed by atoms with van der Waals surface area (Å²) in [6, 6.07) is 0. The van der Waals surface area contributed by atoms with Crippen molar-refractivity contribution in [3.63, 3.8) is 0 Å². The first-order chi connectivity index (χ1) is 6.81. The lowest BCUT2D eigenvalue weighted by atomic mass is 9.71. The van der Waals surface area contributed by atoms with Gasteiger partial charge in [0.2, 0.25) is 0 Å². The third-order valence-electron chi connectivity index (χ3n) is 4.45. The summed E-state index contributed by atoms with van der Waals surface area (Å²) in [6.45, 7) is 0. The molecule has 0 atom stereocenters. The Kier molecular flexibility index (Phi) is 3.48. The smallest absolute Gasteiger partial charge is 0.0182 e.